The number of aromatic nitrogens is 1. The van der Waals surface area contributed by atoms with Gasteiger partial charge < -0.3 is 30.0 Å². The van der Waals surface area contributed by atoms with E-state index in [1.807, 2.05) is 26.0 Å². The molecular weight excluding hydrogens is 555 g/mol. The minimum atomic E-state index is -0.385. The highest BCUT2D eigenvalue weighted by molar-refractivity contribution is 6.32. The molecule has 1 aliphatic rings. The van der Waals surface area contributed by atoms with E-state index in [9.17, 15) is 9.90 Å². The number of rotatable bonds is 11. The number of amides is 2. The third-order valence-corrected chi connectivity index (χ3v) is 7.11. The maximum absolute atomic E-state index is 12.2. The summed E-state index contributed by atoms with van der Waals surface area (Å²) in [5, 5.41) is 16.3. The average molecular weight is 592 g/mol. The maximum atomic E-state index is 12.2. The number of hydrogen-bond acceptors (Lipinski definition) is 7. The molecule has 1 aromatic heterocycles. The summed E-state index contributed by atoms with van der Waals surface area (Å²) in [6, 6.07) is 10.1. The quantitative estimate of drug-likeness (QED) is 0.233. The average Bonchev–Trinajstić information content (AvgIpc) is 2.90. The zero-order chi connectivity index (χ0) is 28.7. The van der Waals surface area contributed by atoms with Crippen LogP contribution in [0.2, 0.25) is 5.02 Å². The molecule has 1 fully saturated rings. The van der Waals surface area contributed by atoms with Crippen molar-refractivity contribution < 1.29 is 24.1 Å². The number of nitrogens with one attached hydrogen (secondary N) is 2. The van der Waals surface area contributed by atoms with E-state index in [0.717, 1.165) is 37.9 Å². The Bertz CT molecular complexity index is 1310. The lowest BCUT2D eigenvalue weighted by Crippen LogP contribution is -2.38. The van der Waals surface area contributed by atoms with Crippen molar-refractivity contribution >= 4 is 45.8 Å². The van der Waals surface area contributed by atoms with Crippen LogP contribution in [0.25, 0.3) is 10.9 Å². The molecule has 2 aromatic carbocycles. The number of aliphatic hydroxyl groups excluding tert-OH is 1. The van der Waals surface area contributed by atoms with Crippen molar-refractivity contribution in [1.82, 2.24) is 15.2 Å². The van der Waals surface area contributed by atoms with Crippen molar-refractivity contribution in [1.29, 1.82) is 0 Å². The summed E-state index contributed by atoms with van der Waals surface area (Å²) in [5.41, 5.74) is 1.21. The molecule has 0 atom stereocenters. The maximum Gasteiger partial charge on any atom is 0.319 e. The fourth-order valence-corrected chi connectivity index (χ4v) is 4.66. The van der Waals surface area contributed by atoms with Gasteiger partial charge in [-0.25, -0.2) is 4.79 Å². The van der Waals surface area contributed by atoms with Gasteiger partial charge in [-0.2, -0.15) is 0 Å². The minimum Gasteiger partial charge on any atom is -0.493 e. The first-order chi connectivity index (χ1) is 19.1. The number of benzene rings is 2. The monoisotopic (exact) mass is 590 g/mol. The van der Waals surface area contributed by atoms with Gasteiger partial charge in [-0.15, -0.1) is 11.6 Å². The summed E-state index contributed by atoms with van der Waals surface area (Å²) in [7, 11) is 1.59. The molecule has 3 N–H and O–H groups in total. The van der Waals surface area contributed by atoms with Crippen LogP contribution in [0.3, 0.4) is 0 Å². The van der Waals surface area contributed by atoms with E-state index in [0.29, 0.717) is 58.8 Å². The molecular formula is C29H36Cl2N4O5. The molecule has 0 unspecified atom stereocenters. The van der Waals surface area contributed by atoms with E-state index < -0.39 is 0 Å². The Hall–Kier alpha value is -2.98. The molecule has 4 rings (SSSR count). The fourth-order valence-electron chi connectivity index (χ4n) is 4.35. The number of fused-ring (bicyclic) bond motifs is 1. The Morgan fingerprint density at radius 2 is 1.90 bits per heavy atom. The molecule has 9 nitrogen and oxygen atoms in total. The Morgan fingerprint density at radius 1 is 1.12 bits per heavy atom. The number of aliphatic hydroxyl groups is 1. The van der Waals surface area contributed by atoms with Gasteiger partial charge in [0, 0.05) is 54.4 Å². The molecule has 0 aliphatic carbocycles. The van der Waals surface area contributed by atoms with E-state index in [2.05, 4.69) is 20.5 Å². The molecule has 3 aromatic rings. The smallest absolute Gasteiger partial charge is 0.319 e. The molecule has 2 heterocycles. The van der Waals surface area contributed by atoms with Crippen molar-refractivity contribution in [2.45, 2.75) is 44.1 Å². The summed E-state index contributed by atoms with van der Waals surface area (Å²) >= 11 is 12.7. The number of alkyl halides is 1. The van der Waals surface area contributed by atoms with Crippen molar-refractivity contribution in [3.05, 3.63) is 47.6 Å². The molecule has 216 valence electrons. The Kier molecular flexibility index (Phi) is 10.2. The number of carbonyl (C=O) groups excluding carboxylic acids is 1. The number of pyridine rings is 1. The van der Waals surface area contributed by atoms with Gasteiger partial charge in [0.2, 0.25) is 0 Å². The van der Waals surface area contributed by atoms with E-state index in [4.69, 9.17) is 37.4 Å². The van der Waals surface area contributed by atoms with Gasteiger partial charge in [0.25, 0.3) is 0 Å². The van der Waals surface area contributed by atoms with Crippen molar-refractivity contribution in [3.8, 4) is 23.0 Å². The largest absolute Gasteiger partial charge is 0.493 e. The van der Waals surface area contributed by atoms with Gasteiger partial charge in [0.15, 0.2) is 11.5 Å². The van der Waals surface area contributed by atoms with Crippen LogP contribution in [0, 0.1) is 0 Å². The second-order valence-electron chi connectivity index (χ2n) is 10.3. The third-order valence-electron chi connectivity index (χ3n) is 6.62. The van der Waals surface area contributed by atoms with Gasteiger partial charge in [-0.3, -0.25) is 9.88 Å². The highest BCUT2D eigenvalue weighted by atomic mass is 35.5. The normalized spacial score (nSPS) is 14.7. The molecule has 0 radical (unpaired) electrons. The molecule has 2 amide bonds. The van der Waals surface area contributed by atoms with Gasteiger partial charge in [0.05, 0.1) is 23.8 Å². The minimum absolute atomic E-state index is 0.199. The van der Waals surface area contributed by atoms with E-state index in [1.54, 1.807) is 37.6 Å². The van der Waals surface area contributed by atoms with E-state index >= 15 is 0 Å². The van der Waals surface area contributed by atoms with Crippen LogP contribution in [0.15, 0.2) is 42.6 Å². The molecule has 40 heavy (non-hydrogen) atoms. The summed E-state index contributed by atoms with van der Waals surface area (Å²) in [5.74, 6) is 2.13. The molecule has 1 saturated heterocycles. The number of methoxy groups -OCH3 is 1. The topological polar surface area (TPSA) is 105 Å². The van der Waals surface area contributed by atoms with Gasteiger partial charge in [-0.05, 0) is 63.4 Å². The molecule has 0 saturated carbocycles. The van der Waals surface area contributed by atoms with E-state index in [1.165, 1.54) is 0 Å². The predicted molar refractivity (Wildman–Crippen MR) is 159 cm³/mol. The first-order valence-corrected chi connectivity index (χ1v) is 14.1. The number of halogens is 2. The zero-order valence-corrected chi connectivity index (χ0v) is 24.5. The highest BCUT2D eigenvalue weighted by Crippen LogP contribution is 2.39. The van der Waals surface area contributed by atoms with Gasteiger partial charge in [0.1, 0.15) is 18.1 Å². The van der Waals surface area contributed by atoms with Crippen LogP contribution in [-0.4, -0.2) is 71.9 Å². The standard InChI is InChI=1S/C29H36Cl2N4O5/c1-29(2,31)9-11-33-28(37)34-19-4-5-25(22(30)16-19)40-24-6-10-32-23-18-27(26(38-3)17-21(23)24)39-15-14-35-12-7-20(36)8-13-35/h4-6,10,16-18,20,36H,7-9,11-15H2,1-3H3,(H2,33,34,37). The first-order valence-electron chi connectivity index (χ1n) is 13.3. The Labute approximate surface area is 244 Å². The number of hydrogen-bond donors (Lipinski definition) is 3. The van der Waals surface area contributed by atoms with Crippen LogP contribution in [0.4, 0.5) is 10.5 Å². The number of likely N-dealkylation sites (tertiary alicyclic amines) is 1. The number of carbonyl (C=O) groups is 1. The summed E-state index contributed by atoms with van der Waals surface area (Å²) in [6.45, 7) is 7.22. The molecule has 1 aliphatic heterocycles. The van der Waals surface area contributed by atoms with Crippen LogP contribution in [0.1, 0.15) is 33.1 Å². The lowest BCUT2D eigenvalue weighted by atomic mass is 10.1. The number of piperidine rings is 1. The van der Waals surface area contributed by atoms with Gasteiger partial charge >= 0.3 is 6.03 Å². The molecule has 0 spiro atoms. The second kappa shape index (κ2) is 13.6. The number of urea groups is 1. The van der Waals surface area contributed by atoms with Crippen molar-refractivity contribution in [2.75, 3.05) is 45.2 Å². The van der Waals surface area contributed by atoms with Crippen LogP contribution < -0.4 is 24.8 Å². The number of nitrogens with zero attached hydrogens (tertiary/aromatic N) is 2. The van der Waals surface area contributed by atoms with Crippen molar-refractivity contribution in [3.63, 3.8) is 0 Å². The first kappa shape index (κ1) is 30.0. The number of ether oxygens (including phenoxy) is 3. The lowest BCUT2D eigenvalue weighted by molar-refractivity contribution is 0.0753. The van der Waals surface area contributed by atoms with Crippen LogP contribution in [0.5, 0.6) is 23.0 Å². The van der Waals surface area contributed by atoms with Crippen LogP contribution >= 0.6 is 23.2 Å². The van der Waals surface area contributed by atoms with Gasteiger partial charge in [-0.1, -0.05) is 11.6 Å². The zero-order valence-electron chi connectivity index (χ0n) is 23.0. The lowest BCUT2D eigenvalue weighted by Gasteiger charge is -2.29. The molecule has 11 heteroatoms. The fraction of sp³-hybridized carbons (Fsp3) is 0.448. The predicted octanol–water partition coefficient (Wildman–Crippen LogP) is 6.05. The molecule has 0 bridgehead atoms. The van der Waals surface area contributed by atoms with Crippen molar-refractivity contribution in [2.24, 2.45) is 0 Å². The number of anilines is 1. The third kappa shape index (κ3) is 8.51. The van der Waals surface area contributed by atoms with Crippen LogP contribution in [-0.2, 0) is 0 Å². The highest BCUT2D eigenvalue weighted by Gasteiger charge is 2.18. The van der Waals surface area contributed by atoms with E-state index in [-0.39, 0.29) is 17.0 Å². The summed E-state index contributed by atoms with van der Waals surface area (Å²) < 4.78 is 17.8. The second-order valence-corrected chi connectivity index (χ2v) is 11.8. The summed E-state index contributed by atoms with van der Waals surface area (Å²) in [6.07, 6.45) is 3.67. The summed E-state index contributed by atoms with van der Waals surface area (Å²) in [4.78, 5) is 18.6. The Balaban J connectivity index is 1.41. The SMILES string of the molecule is COc1cc2c(Oc3ccc(NC(=O)NCCC(C)(C)Cl)cc3Cl)ccnc2cc1OCCN1CCC(O)CC1. The Morgan fingerprint density at radius 3 is 2.60 bits per heavy atom.